The number of aliphatic hydroxyl groups excluding tert-OH is 1. The summed E-state index contributed by atoms with van der Waals surface area (Å²) >= 11 is 2.88. The van der Waals surface area contributed by atoms with E-state index in [-0.39, 0.29) is 25.0 Å². The van der Waals surface area contributed by atoms with Gasteiger partial charge >= 0.3 is 5.97 Å². The number of thioether (sulfide) groups is 2. The van der Waals surface area contributed by atoms with E-state index in [0.717, 1.165) is 5.56 Å². The number of hydrogen-bond donors (Lipinski definition) is 7. The topological polar surface area (TPSA) is 191 Å². The first-order chi connectivity index (χ1) is 16.6. The Morgan fingerprint density at radius 2 is 1.34 bits per heavy atom. The van der Waals surface area contributed by atoms with E-state index in [2.05, 4.69) is 16.0 Å². The summed E-state index contributed by atoms with van der Waals surface area (Å²) < 4.78 is 0. The van der Waals surface area contributed by atoms with Gasteiger partial charge in [-0.3, -0.25) is 14.4 Å². The van der Waals surface area contributed by atoms with Crippen LogP contribution in [0.4, 0.5) is 0 Å². The zero-order chi connectivity index (χ0) is 26.4. The highest BCUT2D eigenvalue weighted by Crippen LogP contribution is 2.11. The van der Waals surface area contributed by atoms with Gasteiger partial charge in [-0.2, -0.15) is 23.5 Å². The molecule has 13 heteroatoms. The molecule has 0 fully saturated rings. The Bertz CT molecular complexity index is 842. The van der Waals surface area contributed by atoms with Crippen molar-refractivity contribution in [3.8, 4) is 5.75 Å². The van der Waals surface area contributed by atoms with E-state index in [0.29, 0.717) is 11.5 Å². The molecule has 3 amide bonds. The molecule has 0 bridgehead atoms. The van der Waals surface area contributed by atoms with Crippen molar-refractivity contribution in [2.24, 2.45) is 5.73 Å². The fourth-order valence-corrected chi connectivity index (χ4v) is 3.94. The molecule has 35 heavy (non-hydrogen) atoms. The maximum atomic E-state index is 12.9. The zero-order valence-electron chi connectivity index (χ0n) is 19.7. The second kappa shape index (κ2) is 16.2. The number of carbonyl (C=O) groups is 4. The minimum Gasteiger partial charge on any atom is -0.508 e. The Balaban J connectivity index is 2.81. The number of carbonyl (C=O) groups excluding carboxylic acids is 3. The van der Waals surface area contributed by atoms with Crippen molar-refractivity contribution in [3.05, 3.63) is 29.8 Å². The first-order valence-corrected chi connectivity index (χ1v) is 13.7. The van der Waals surface area contributed by atoms with Crippen LogP contribution in [-0.2, 0) is 25.6 Å². The lowest BCUT2D eigenvalue weighted by Crippen LogP contribution is -2.58. The molecule has 4 atom stereocenters. The number of hydrogen-bond acceptors (Lipinski definition) is 9. The van der Waals surface area contributed by atoms with Gasteiger partial charge < -0.3 is 37.0 Å². The molecule has 1 aromatic carbocycles. The van der Waals surface area contributed by atoms with E-state index in [9.17, 15) is 34.5 Å². The van der Waals surface area contributed by atoms with Crippen LogP contribution in [0.5, 0.6) is 5.75 Å². The minimum absolute atomic E-state index is 0.0852. The van der Waals surface area contributed by atoms with Crippen LogP contribution >= 0.6 is 23.5 Å². The van der Waals surface area contributed by atoms with Crippen LogP contribution in [0, 0.1) is 0 Å². The highest BCUT2D eigenvalue weighted by atomic mass is 32.2. The summed E-state index contributed by atoms with van der Waals surface area (Å²) in [5.74, 6) is -2.22. The van der Waals surface area contributed by atoms with Gasteiger partial charge in [0.1, 0.15) is 23.9 Å². The molecule has 11 nitrogen and oxygen atoms in total. The van der Waals surface area contributed by atoms with E-state index in [1.54, 1.807) is 18.4 Å². The molecule has 0 saturated heterocycles. The van der Waals surface area contributed by atoms with Crippen LogP contribution in [0.15, 0.2) is 24.3 Å². The molecular weight excluding hydrogens is 496 g/mol. The van der Waals surface area contributed by atoms with E-state index < -0.39 is 54.5 Å². The molecule has 0 saturated carbocycles. The highest BCUT2D eigenvalue weighted by Gasteiger charge is 2.29. The number of carboxylic acids is 1. The number of nitrogens with one attached hydrogen (secondary N) is 3. The van der Waals surface area contributed by atoms with Gasteiger partial charge in [0.15, 0.2) is 0 Å². The van der Waals surface area contributed by atoms with Crippen molar-refractivity contribution < 1.29 is 34.5 Å². The molecule has 4 unspecified atom stereocenters. The summed E-state index contributed by atoms with van der Waals surface area (Å²) in [5, 5.41) is 35.6. The summed E-state index contributed by atoms with van der Waals surface area (Å²) in [6.07, 6.45) is 4.24. The molecule has 8 N–H and O–H groups in total. The van der Waals surface area contributed by atoms with Crippen LogP contribution < -0.4 is 21.7 Å². The van der Waals surface area contributed by atoms with Crippen LogP contribution in [-0.4, -0.2) is 93.8 Å². The van der Waals surface area contributed by atoms with Gasteiger partial charge in [-0.15, -0.1) is 0 Å². The Morgan fingerprint density at radius 1 is 0.857 bits per heavy atom. The molecule has 0 aliphatic rings. The SMILES string of the molecule is CSCCC(NC(=O)C(CO)NC(=O)C(CCSC)NC(=O)C(N)Cc1ccc(O)cc1)C(=O)O. The molecule has 0 heterocycles. The second-order valence-corrected chi connectivity index (χ2v) is 9.72. The largest absolute Gasteiger partial charge is 0.508 e. The first kappa shape index (κ1) is 30.6. The van der Waals surface area contributed by atoms with Gasteiger partial charge in [-0.25, -0.2) is 4.79 Å². The molecule has 1 aromatic rings. The third-order valence-electron chi connectivity index (χ3n) is 5.01. The first-order valence-electron chi connectivity index (χ1n) is 10.9. The lowest BCUT2D eigenvalue weighted by atomic mass is 10.0. The third kappa shape index (κ3) is 11.2. The predicted octanol–water partition coefficient (Wildman–Crippen LogP) is -0.700. The molecule has 196 valence electrons. The van der Waals surface area contributed by atoms with Crippen molar-refractivity contribution in [3.63, 3.8) is 0 Å². The van der Waals surface area contributed by atoms with E-state index in [1.807, 2.05) is 6.26 Å². The molecule has 0 spiro atoms. The fourth-order valence-electron chi connectivity index (χ4n) is 2.99. The monoisotopic (exact) mass is 530 g/mol. The standard InChI is InChI=1S/C22H34N4O7S2/c1-34-9-7-16(24-19(29)15(23)11-13-3-5-14(28)6-4-13)20(30)26-18(12-27)21(31)25-17(22(32)33)8-10-35-2/h3-6,15-18,27-28H,7-12,23H2,1-2H3,(H,24,29)(H,25,31)(H,26,30)(H,32,33). The van der Waals surface area contributed by atoms with Crippen LogP contribution in [0.3, 0.4) is 0 Å². The second-order valence-electron chi connectivity index (χ2n) is 7.74. The number of phenolic OH excluding ortho intramolecular Hbond substituents is 1. The quantitative estimate of drug-likeness (QED) is 0.144. The van der Waals surface area contributed by atoms with Crippen molar-refractivity contribution in [2.75, 3.05) is 30.6 Å². The summed E-state index contributed by atoms with van der Waals surface area (Å²) in [7, 11) is 0. The molecule has 0 aliphatic carbocycles. The third-order valence-corrected chi connectivity index (χ3v) is 6.30. The van der Waals surface area contributed by atoms with E-state index in [4.69, 9.17) is 5.73 Å². The maximum Gasteiger partial charge on any atom is 0.326 e. The number of aliphatic hydroxyl groups is 1. The smallest absolute Gasteiger partial charge is 0.326 e. The average Bonchev–Trinajstić information content (AvgIpc) is 2.83. The van der Waals surface area contributed by atoms with Gasteiger partial charge in [-0.05, 0) is 61.0 Å². The number of rotatable bonds is 16. The molecular formula is C22H34N4O7S2. The van der Waals surface area contributed by atoms with Crippen molar-refractivity contribution in [1.29, 1.82) is 0 Å². The summed E-state index contributed by atoms with van der Waals surface area (Å²) in [6, 6.07) is 1.69. The number of aromatic hydroxyl groups is 1. The average molecular weight is 531 g/mol. The summed E-state index contributed by atoms with van der Waals surface area (Å²) in [6.45, 7) is -0.754. The van der Waals surface area contributed by atoms with Gasteiger partial charge in [-0.1, -0.05) is 12.1 Å². The van der Waals surface area contributed by atoms with Crippen molar-refractivity contribution in [1.82, 2.24) is 16.0 Å². The number of benzene rings is 1. The van der Waals surface area contributed by atoms with Crippen LogP contribution in [0.2, 0.25) is 0 Å². The maximum absolute atomic E-state index is 12.9. The normalized spacial score (nSPS) is 14.3. The lowest BCUT2D eigenvalue weighted by molar-refractivity contribution is -0.142. The van der Waals surface area contributed by atoms with Crippen LogP contribution in [0.1, 0.15) is 18.4 Å². The van der Waals surface area contributed by atoms with Gasteiger partial charge in [0.25, 0.3) is 0 Å². The van der Waals surface area contributed by atoms with E-state index in [1.165, 1.54) is 35.7 Å². The summed E-state index contributed by atoms with van der Waals surface area (Å²) in [5.41, 5.74) is 6.71. The molecule has 0 aliphatic heterocycles. The Morgan fingerprint density at radius 3 is 1.86 bits per heavy atom. The number of carboxylic acid groups (broad SMARTS) is 1. The van der Waals surface area contributed by atoms with E-state index >= 15 is 0 Å². The fraction of sp³-hybridized carbons (Fsp3) is 0.545. The van der Waals surface area contributed by atoms with Gasteiger partial charge in [0, 0.05) is 0 Å². The van der Waals surface area contributed by atoms with Gasteiger partial charge in [0.05, 0.1) is 12.6 Å². The number of amides is 3. The van der Waals surface area contributed by atoms with Gasteiger partial charge in [0.2, 0.25) is 17.7 Å². The zero-order valence-corrected chi connectivity index (χ0v) is 21.4. The molecule has 1 rings (SSSR count). The lowest BCUT2D eigenvalue weighted by Gasteiger charge is -2.24. The van der Waals surface area contributed by atoms with Crippen LogP contribution in [0.25, 0.3) is 0 Å². The molecule has 0 aromatic heterocycles. The number of nitrogens with two attached hydrogens (primary N) is 1. The molecule has 0 radical (unpaired) electrons. The highest BCUT2D eigenvalue weighted by molar-refractivity contribution is 7.98. The van der Waals surface area contributed by atoms with Crippen molar-refractivity contribution in [2.45, 2.75) is 43.4 Å². The predicted molar refractivity (Wildman–Crippen MR) is 136 cm³/mol. The Hall–Kier alpha value is -2.48. The Labute approximate surface area is 213 Å². The minimum atomic E-state index is -1.39. The Kier molecular flexibility index (Phi) is 14.2. The number of phenols is 1. The van der Waals surface area contributed by atoms with Crippen molar-refractivity contribution >= 4 is 47.2 Å². The number of aliphatic carboxylic acids is 1. The summed E-state index contributed by atoms with van der Waals surface area (Å²) in [4.78, 5) is 49.4.